The van der Waals surface area contributed by atoms with Gasteiger partial charge in [0.1, 0.15) is 0 Å². The monoisotopic (exact) mass is 413 g/mol. The molecule has 2 aromatic carbocycles. The summed E-state index contributed by atoms with van der Waals surface area (Å²) in [6.45, 7) is 7.95. The lowest BCUT2D eigenvalue weighted by molar-refractivity contribution is -0.394. The van der Waals surface area contributed by atoms with E-state index in [1.54, 1.807) is 12.1 Å². The molecule has 1 saturated heterocycles. The van der Waals surface area contributed by atoms with E-state index in [1.165, 1.54) is 6.92 Å². The van der Waals surface area contributed by atoms with Crippen molar-refractivity contribution in [2.45, 2.75) is 13.8 Å². The number of non-ortho nitro benzene ring substituents is 1. The zero-order chi connectivity index (χ0) is 21.8. The van der Waals surface area contributed by atoms with Crippen LogP contribution in [0.5, 0.6) is 0 Å². The van der Waals surface area contributed by atoms with Gasteiger partial charge in [-0.05, 0) is 25.6 Å². The van der Waals surface area contributed by atoms with Crippen molar-refractivity contribution in [3.63, 3.8) is 0 Å². The third-order valence-corrected chi connectivity index (χ3v) is 5.33. The van der Waals surface area contributed by atoms with Crippen molar-refractivity contribution < 1.29 is 14.6 Å². The number of rotatable bonds is 6. The zero-order valence-electron chi connectivity index (χ0n) is 16.8. The molecule has 0 aliphatic carbocycles. The first-order valence-corrected chi connectivity index (χ1v) is 9.63. The molecular weight excluding hydrogens is 390 g/mol. The van der Waals surface area contributed by atoms with Gasteiger partial charge in [-0.2, -0.15) is 0 Å². The van der Waals surface area contributed by atoms with E-state index in [0.717, 1.165) is 50.5 Å². The number of carbonyl (C=O) groups is 1. The molecule has 158 valence electrons. The molecule has 0 unspecified atom stereocenters. The van der Waals surface area contributed by atoms with Crippen LogP contribution in [-0.4, -0.2) is 53.4 Å². The lowest BCUT2D eigenvalue weighted by Crippen LogP contribution is -2.46. The molecule has 10 heteroatoms. The van der Waals surface area contributed by atoms with Crippen LogP contribution in [0.3, 0.4) is 0 Å². The smallest absolute Gasteiger partial charge is 0.279 e. The number of amides is 1. The summed E-state index contributed by atoms with van der Waals surface area (Å²) in [5.74, 6) is -0.626. The lowest BCUT2D eigenvalue weighted by atomic mass is 10.0. The molecule has 0 saturated carbocycles. The van der Waals surface area contributed by atoms with Crippen molar-refractivity contribution in [1.82, 2.24) is 4.90 Å². The van der Waals surface area contributed by atoms with E-state index in [2.05, 4.69) is 22.0 Å². The molecule has 0 bridgehead atoms. The van der Waals surface area contributed by atoms with E-state index in [9.17, 15) is 25.0 Å². The molecule has 30 heavy (non-hydrogen) atoms. The van der Waals surface area contributed by atoms with Gasteiger partial charge in [-0.15, -0.1) is 0 Å². The largest absolute Gasteiger partial charge is 0.367 e. The summed E-state index contributed by atoms with van der Waals surface area (Å²) in [5.41, 5.74) is 0.429. The maximum Gasteiger partial charge on any atom is 0.279 e. The van der Waals surface area contributed by atoms with E-state index in [4.69, 9.17) is 0 Å². The third-order valence-electron chi connectivity index (χ3n) is 5.33. The number of hydrogen-bond acceptors (Lipinski definition) is 7. The van der Waals surface area contributed by atoms with Crippen LogP contribution in [0.25, 0.3) is 0 Å². The molecule has 1 fully saturated rings. The van der Waals surface area contributed by atoms with Crippen LogP contribution in [0.4, 0.5) is 22.7 Å². The molecule has 1 heterocycles. The quantitative estimate of drug-likeness (QED) is 0.570. The molecule has 2 aromatic rings. The van der Waals surface area contributed by atoms with Crippen LogP contribution in [-0.2, 0) is 0 Å². The predicted octanol–water partition coefficient (Wildman–Crippen LogP) is 3.21. The molecule has 1 aliphatic heterocycles. The summed E-state index contributed by atoms with van der Waals surface area (Å²) in [7, 11) is 0. The number of nitrogens with zero attached hydrogens (tertiary/aromatic N) is 4. The van der Waals surface area contributed by atoms with Crippen LogP contribution in [0.2, 0.25) is 0 Å². The molecule has 0 radical (unpaired) electrons. The molecule has 0 spiro atoms. The Morgan fingerprint density at radius 2 is 1.73 bits per heavy atom. The Balaban J connectivity index is 1.90. The van der Waals surface area contributed by atoms with Gasteiger partial charge in [0.2, 0.25) is 0 Å². The molecule has 1 amide bonds. The summed E-state index contributed by atoms with van der Waals surface area (Å²) < 4.78 is 0. The molecular formula is C20H23N5O5. The van der Waals surface area contributed by atoms with Crippen LogP contribution < -0.4 is 10.2 Å². The Bertz CT molecular complexity index is 986. The van der Waals surface area contributed by atoms with Crippen LogP contribution in [0.15, 0.2) is 36.4 Å². The normalized spacial score (nSPS) is 14.4. The first-order chi connectivity index (χ1) is 14.3. The Hall–Kier alpha value is -3.53. The third kappa shape index (κ3) is 4.38. The second-order valence-corrected chi connectivity index (χ2v) is 7.04. The standard InChI is InChI=1S/C20H23N5O5/c1-3-22-8-10-23(11-9-22)18-7-5-4-6-17(18)21-20(26)16-12-15(24(27)28)13-19(14(16)2)25(29)30/h4-7,12-13H,3,8-11H2,1-2H3,(H,21,26). The number of carbonyl (C=O) groups excluding carboxylic acids is 1. The van der Waals surface area contributed by atoms with Gasteiger partial charge in [-0.25, -0.2) is 0 Å². The Morgan fingerprint density at radius 1 is 1.07 bits per heavy atom. The Morgan fingerprint density at radius 3 is 2.33 bits per heavy atom. The van der Waals surface area contributed by atoms with E-state index < -0.39 is 27.1 Å². The SMILES string of the molecule is CCN1CCN(c2ccccc2NC(=O)c2cc([N+](=O)[O-])cc([N+](=O)[O-])c2C)CC1. The number of nitro benzene ring substituents is 2. The minimum Gasteiger partial charge on any atom is -0.367 e. The minimum atomic E-state index is -0.746. The molecule has 0 atom stereocenters. The van der Waals surface area contributed by atoms with Crippen LogP contribution in [0.1, 0.15) is 22.8 Å². The van der Waals surface area contributed by atoms with Gasteiger partial charge in [0, 0.05) is 37.8 Å². The lowest BCUT2D eigenvalue weighted by Gasteiger charge is -2.36. The number of likely N-dealkylation sites (N-methyl/N-ethyl adjacent to an activating group) is 1. The summed E-state index contributed by atoms with van der Waals surface area (Å²) in [6, 6.07) is 9.25. The summed E-state index contributed by atoms with van der Waals surface area (Å²) >= 11 is 0. The minimum absolute atomic E-state index is 0.0807. The van der Waals surface area contributed by atoms with Crippen molar-refractivity contribution in [1.29, 1.82) is 0 Å². The first-order valence-electron chi connectivity index (χ1n) is 9.63. The van der Waals surface area contributed by atoms with Gasteiger partial charge < -0.3 is 15.1 Å². The van der Waals surface area contributed by atoms with Gasteiger partial charge in [0.25, 0.3) is 17.3 Å². The van der Waals surface area contributed by atoms with E-state index >= 15 is 0 Å². The summed E-state index contributed by atoms with van der Waals surface area (Å²) in [6.07, 6.45) is 0. The van der Waals surface area contributed by atoms with Crippen molar-refractivity contribution in [3.8, 4) is 0 Å². The molecule has 1 aliphatic rings. The topological polar surface area (TPSA) is 122 Å². The van der Waals surface area contributed by atoms with Crippen molar-refractivity contribution in [2.24, 2.45) is 0 Å². The summed E-state index contributed by atoms with van der Waals surface area (Å²) in [5, 5.41) is 25.2. The van der Waals surface area contributed by atoms with E-state index in [-0.39, 0.29) is 11.1 Å². The van der Waals surface area contributed by atoms with E-state index in [0.29, 0.717) is 5.69 Å². The van der Waals surface area contributed by atoms with Crippen molar-refractivity contribution >= 4 is 28.7 Å². The maximum atomic E-state index is 12.9. The number of benzene rings is 2. The second-order valence-electron chi connectivity index (χ2n) is 7.04. The van der Waals surface area contributed by atoms with Crippen LogP contribution in [0, 0.1) is 27.2 Å². The molecule has 10 nitrogen and oxygen atoms in total. The highest BCUT2D eigenvalue weighted by Gasteiger charge is 2.26. The highest BCUT2D eigenvalue weighted by atomic mass is 16.6. The second kappa shape index (κ2) is 8.87. The predicted molar refractivity (Wildman–Crippen MR) is 113 cm³/mol. The average Bonchev–Trinajstić information content (AvgIpc) is 2.74. The Kier molecular flexibility index (Phi) is 6.26. The molecule has 3 rings (SSSR count). The number of nitrogens with one attached hydrogen (secondary N) is 1. The van der Waals surface area contributed by atoms with E-state index in [1.807, 2.05) is 12.1 Å². The highest BCUT2D eigenvalue weighted by Crippen LogP contribution is 2.31. The van der Waals surface area contributed by atoms with Crippen molar-refractivity contribution in [3.05, 3.63) is 67.8 Å². The number of hydrogen-bond donors (Lipinski definition) is 1. The zero-order valence-corrected chi connectivity index (χ0v) is 16.8. The van der Waals surface area contributed by atoms with Crippen molar-refractivity contribution in [2.75, 3.05) is 42.9 Å². The highest BCUT2D eigenvalue weighted by molar-refractivity contribution is 6.07. The van der Waals surface area contributed by atoms with Gasteiger partial charge in [-0.1, -0.05) is 19.1 Å². The maximum absolute atomic E-state index is 12.9. The number of para-hydroxylation sites is 2. The molecule has 0 aromatic heterocycles. The van der Waals surface area contributed by atoms with Gasteiger partial charge >= 0.3 is 0 Å². The Labute approximate surface area is 173 Å². The fraction of sp³-hybridized carbons (Fsp3) is 0.350. The average molecular weight is 413 g/mol. The number of piperazine rings is 1. The van der Waals surface area contributed by atoms with Gasteiger partial charge in [-0.3, -0.25) is 25.0 Å². The first kappa shape index (κ1) is 21.2. The number of nitro groups is 2. The summed E-state index contributed by atoms with van der Waals surface area (Å²) in [4.78, 5) is 38.4. The van der Waals surface area contributed by atoms with Gasteiger partial charge in [0.05, 0.1) is 32.9 Å². The molecule has 1 N–H and O–H groups in total. The fourth-order valence-electron chi connectivity index (χ4n) is 3.56. The van der Waals surface area contributed by atoms with Gasteiger partial charge in [0.15, 0.2) is 0 Å². The number of anilines is 2. The fourth-order valence-corrected chi connectivity index (χ4v) is 3.56. The van der Waals surface area contributed by atoms with Crippen LogP contribution >= 0.6 is 0 Å².